The molecule has 0 bridgehead atoms. The number of benzene rings is 1. The average molecular weight is 297 g/mol. The SMILES string of the molecule is NC(=O)c1c(F)ccc(CCC=C(Cl)Cl)c1Cl. The van der Waals surface area contributed by atoms with Crippen LogP contribution in [0.2, 0.25) is 5.02 Å². The van der Waals surface area contributed by atoms with Crippen LogP contribution >= 0.6 is 34.8 Å². The van der Waals surface area contributed by atoms with Gasteiger partial charge in [-0.25, -0.2) is 4.39 Å². The Morgan fingerprint density at radius 1 is 1.41 bits per heavy atom. The molecule has 17 heavy (non-hydrogen) atoms. The normalized spacial score (nSPS) is 10.1. The Morgan fingerprint density at radius 3 is 2.59 bits per heavy atom. The van der Waals surface area contributed by atoms with E-state index in [4.69, 9.17) is 40.5 Å². The highest BCUT2D eigenvalue weighted by molar-refractivity contribution is 6.55. The number of hydrogen-bond acceptors (Lipinski definition) is 1. The molecular weight excluding hydrogens is 287 g/mol. The molecule has 1 rings (SSSR count). The van der Waals surface area contributed by atoms with Gasteiger partial charge in [0.15, 0.2) is 0 Å². The van der Waals surface area contributed by atoms with Crippen LogP contribution in [0.15, 0.2) is 22.7 Å². The molecule has 1 aromatic rings. The minimum atomic E-state index is -0.889. The fourth-order valence-corrected chi connectivity index (χ4v) is 1.91. The van der Waals surface area contributed by atoms with E-state index in [1.807, 2.05) is 0 Å². The summed E-state index contributed by atoms with van der Waals surface area (Å²) >= 11 is 16.8. The molecule has 0 radical (unpaired) electrons. The van der Waals surface area contributed by atoms with Gasteiger partial charge in [-0.05, 0) is 24.5 Å². The van der Waals surface area contributed by atoms with Crippen molar-refractivity contribution in [2.24, 2.45) is 5.73 Å². The lowest BCUT2D eigenvalue weighted by Gasteiger charge is -2.07. The van der Waals surface area contributed by atoms with Crippen molar-refractivity contribution in [2.45, 2.75) is 12.8 Å². The summed E-state index contributed by atoms with van der Waals surface area (Å²) in [5.41, 5.74) is 5.37. The van der Waals surface area contributed by atoms with Crippen molar-refractivity contribution >= 4 is 40.7 Å². The van der Waals surface area contributed by atoms with E-state index in [1.54, 1.807) is 6.08 Å². The third-order valence-electron chi connectivity index (χ3n) is 2.13. The molecule has 1 amide bonds. The molecule has 0 atom stereocenters. The predicted molar refractivity (Wildman–Crippen MR) is 68.0 cm³/mol. The first-order valence-electron chi connectivity index (χ1n) is 4.71. The molecule has 6 heteroatoms. The Kier molecular flexibility index (Phi) is 5.25. The fraction of sp³-hybridized carbons (Fsp3) is 0.182. The van der Waals surface area contributed by atoms with Crippen LogP contribution in [0.1, 0.15) is 22.3 Å². The van der Waals surface area contributed by atoms with Crippen molar-refractivity contribution in [3.8, 4) is 0 Å². The van der Waals surface area contributed by atoms with Gasteiger partial charge in [-0.15, -0.1) is 0 Å². The number of allylic oxidation sites excluding steroid dienone is 1. The monoisotopic (exact) mass is 295 g/mol. The molecule has 0 fully saturated rings. The Bertz CT molecular complexity index is 470. The van der Waals surface area contributed by atoms with E-state index in [2.05, 4.69) is 0 Å². The molecule has 0 aliphatic heterocycles. The van der Waals surface area contributed by atoms with E-state index in [-0.39, 0.29) is 15.1 Å². The van der Waals surface area contributed by atoms with Gasteiger partial charge < -0.3 is 5.73 Å². The number of aryl methyl sites for hydroxylation is 1. The molecule has 0 saturated heterocycles. The van der Waals surface area contributed by atoms with E-state index in [9.17, 15) is 9.18 Å². The molecule has 2 nitrogen and oxygen atoms in total. The highest BCUT2D eigenvalue weighted by Crippen LogP contribution is 2.25. The van der Waals surface area contributed by atoms with Crippen molar-refractivity contribution in [1.82, 2.24) is 0 Å². The number of rotatable bonds is 4. The van der Waals surface area contributed by atoms with Crippen LogP contribution in [0.3, 0.4) is 0 Å². The fourth-order valence-electron chi connectivity index (χ4n) is 1.35. The van der Waals surface area contributed by atoms with Crippen LogP contribution < -0.4 is 5.73 Å². The maximum Gasteiger partial charge on any atom is 0.253 e. The molecule has 0 unspecified atom stereocenters. The summed E-state index contributed by atoms with van der Waals surface area (Å²) in [6.45, 7) is 0. The third kappa shape index (κ3) is 3.87. The summed E-state index contributed by atoms with van der Waals surface area (Å²) in [6.07, 6.45) is 2.61. The van der Waals surface area contributed by atoms with Crippen molar-refractivity contribution in [3.05, 3.63) is 44.7 Å². The summed E-state index contributed by atoms with van der Waals surface area (Å²) in [5, 5.41) is 0.0385. The maximum atomic E-state index is 13.3. The van der Waals surface area contributed by atoms with Crippen molar-refractivity contribution in [3.63, 3.8) is 0 Å². The number of primary amides is 1. The Morgan fingerprint density at radius 2 is 2.06 bits per heavy atom. The number of amides is 1. The van der Waals surface area contributed by atoms with Crippen LogP contribution in [-0.2, 0) is 6.42 Å². The van der Waals surface area contributed by atoms with E-state index in [1.165, 1.54) is 6.07 Å². The molecule has 0 aliphatic carbocycles. The van der Waals surface area contributed by atoms with E-state index >= 15 is 0 Å². The molecular formula is C11H9Cl3FNO. The lowest BCUT2D eigenvalue weighted by Crippen LogP contribution is -2.14. The topological polar surface area (TPSA) is 43.1 Å². The maximum absolute atomic E-state index is 13.3. The molecule has 0 aliphatic rings. The van der Waals surface area contributed by atoms with Crippen molar-refractivity contribution < 1.29 is 9.18 Å². The van der Waals surface area contributed by atoms with Gasteiger partial charge in [0.25, 0.3) is 5.91 Å². The van der Waals surface area contributed by atoms with E-state index in [0.717, 1.165) is 6.07 Å². The lowest BCUT2D eigenvalue weighted by atomic mass is 10.1. The summed E-state index contributed by atoms with van der Waals surface area (Å²) in [4.78, 5) is 11.0. The van der Waals surface area contributed by atoms with E-state index < -0.39 is 11.7 Å². The third-order valence-corrected chi connectivity index (χ3v) is 2.87. The van der Waals surface area contributed by atoms with E-state index in [0.29, 0.717) is 18.4 Å². The molecule has 92 valence electrons. The first-order valence-corrected chi connectivity index (χ1v) is 5.84. The number of carbonyl (C=O) groups excluding carboxylic acids is 1. The smallest absolute Gasteiger partial charge is 0.253 e. The minimum Gasteiger partial charge on any atom is -0.365 e. The van der Waals surface area contributed by atoms with Gasteiger partial charge in [-0.1, -0.05) is 46.9 Å². The summed E-state index contributed by atoms with van der Waals surface area (Å²) < 4.78 is 13.4. The van der Waals surface area contributed by atoms with Crippen LogP contribution in [0.25, 0.3) is 0 Å². The zero-order chi connectivity index (χ0) is 13.0. The van der Waals surface area contributed by atoms with Crippen LogP contribution in [-0.4, -0.2) is 5.91 Å². The summed E-state index contributed by atoms with van der Waals surface area (Å²) in [7, 11) is 0. The molecule has 0 aromatic heterocycles. The van der Waals surface area contributed by atoms with Gasteiger partial charge >= 0.3 is 0 Å². The zero-order valence-electron chi connectivity index (χ0n) is 8.64. The van der Waals surface area contributed by atoms with Crippen molar-refractivity contribution in [1.29, 1.82) is 0 Å². The lowest BCUT2D eigenvalue weighted by molar-refractivity contribution is 0.0996. The first kappa shape index (κ1) is 14.3. The summed E-state index contributed by atoms with van der Waals surface area (Å²) in [5.74, 6) is -1.61. The van der Waals surface area contributed by atoms with Gasteiger partial charge in [0.05, 0.1) is 10.6 Å². The molecule has 0 spiro atoms. The van der Waals surface area contributed by atoms with Gasteiger partial charge in [0.2, 0.25) is 0 Å². The van der Waals surface area contributed by atoms with Crippen LogP contribution in [0, 0.1) is 5.82 Å². The number of halogens is 4. The second kappa shape index (κ2) is 6.24. The quantitative estimate of drug-likeness (QED) is 0.901. The van der Waals surface area contributed by atoms with Crippen molar-refractivity contribution in [2.75, 3.05) is 0 Å². The highest BCUT2D eigenvalue weighted by Gasteiger charge is 2.15. The van der Waals surface area contributed by atoms with Gasteiger partial charge in [0.1, 0.15) is 10.3 Å². The Balaban J connectivity index is 2.99. The number of carbonyl (C=O) groups is 1. The standard InChI is InChI=1S/C11H9Cl3FNO/c12-8(13)3-1-2-6-4-5-7(15)9(10(6)14)11(16)17/h3-5H,1-2H2,(H2,16,17). The second-order valence-corrected chi connectivity index (χ2v) is 4.68. The molecule has 2 N–H and O–H groups in total. The summed E-state index contributed by atoms with van der Waals surface area (Å²) in [6, 6.07) is 2.66. The molecule has 1 aromatic carbocycles. The number of nitrogens with two attached hydrogens (primary N) is 1. The molecule has 0 saturated carbocycles. The first-order chi connectivity index (χ1) is 7.93. The largest absolute Gasteiger partial charge is 0.365 e. The second-order valence-electron chi connectivity index (χ2n) is 3.29. The minimum absolute atomic E-state index is 0.0385. The Hall–Kier alpha value is -0.770. The van der Waals surface area contributed by atoms with Crippen LogP contribution in [0.4, 0.5) is 4.39 Å². The average Bonchev–Trinajstić information content (AvgIpc) is 2.20. The molecule has 0 heterocycles. The number of hydrogen-bond donors (Lipinski definition) is 1. The van der Waals surface area contributed by atoms with Gasteiger partial charge in [-0.3, -0.25) is 4.79 Å². The zero-order valence-corrected chi connectivity index (χ0v) is 10.9. The van der Waals surface area contributed by atoms with Gasteiger partial charge in [0, 0.05) is 0 Å². The van der Waals surface area contributed by atoms with Gasteiger partial charge in [-0.2, -0.15) is 0 Å². The predicted octanol–water partition coefficient (Wildman–Crippen LogP) is 3.83. The Labute approximate surface area is 113 Å². The van der Waals surface area contributed by atoms with Crippen LogP contribution in [0.5, 0.6) is 0 Å². The highest BCUT2D eigenvalue weighted by atomic mass is 35.5.